The Morgan fingerprint density at radius 3 is 2.03 bits per heavy atom. The third-order valence-electron chi connectivity index (χ3n) is 5.83. The summed E-state index contributed by atoms with van der Waals surface area (Å²) >= 11 is 0. The molecule has 0 unspecified atom stereocenters. The minimum absolute atomic E-state index is 0.797. The summed E-state index contributed by atoms with van der Waals surface area (Å²) in [5.41, 5.74) is 11.1. The number of ether oxygens (including phenoxy) is 4. The number of hydrogen-bond acceptors (Lipinski definition) is 16. The number of carbonyl (C=O) groups is 2. The third kappa shape index (κ3) is 6.62. The maximum atomic E-state index is 11.2. The van der Waals surface area contributed by atoms with Crippen molar-refractivity contribution in [2.45, 2.75) is 85.7 Å². The van der Waals surface area contributed by atoms with Crippen LogP contribution in [0.1, 0.15) is 0 Å². The molecule has 0 amide bonds. The van der Waals surface area contributed by atoms with Gasteiger partial charge in [-0.15, -0.1) is 0 Å². The summed E-state index contributed by atoms with van der Waals surface area (Å²) < 4.78 is 20.9. The summed E-state index contributed by atoms with van der Waals surface area (Å²) in [7, 11) is 0. The first-order chi connectivity index (χ1) is 16.7. The van der Waals surface area contributed by atoms with Crippen molar-refractivity contribution >= 4 is 11.9 Å². The van der Waals surface area contributed by atoms with E-state index < -0.39 is 111 Å². The molecule has 2 saturated heterocycles. The van der Waals surface area contributed by atoms with Gasteiger partial charge in [-0.05, 0) is 0 Å². The molecule has 0 aromatic rings. The Hall–Kier alpha value is -1.62. The Balaban J connectivity index is 2.04. The molecule has 14 atom stereocenters. The first-order valence-corrected chi connectivity index (χ1v) is 10.6. The van der Waals surface area contributed by atoms with Gasteiger partial charge in [-0.2, -0.15) is 0 Å². The summed E-state index contributed by atoms with van der Waals surface area (Å²) in [6.07, 6.45) is -22.2. The van der Waals surface area contributed by atoms with Gasteiger partial charge in [0.15, 0.2) is 18.7 Å². The van der Waals surface area contributed by atoms with E-state index in [0.717, 1.165) is 0 Å². The van der Waals surface area contributed by atoms with Crippen molar-refractivity contribution in [3.63, 3.8) is 0 Å². The van der Waals surface area contributed by atoms with Crippen molar-refractivity contribution < 1.29 is 79.6 Å². The van der Waals surface area contributed by atoms with Crippen molar-refractivity contribution in [2.24, 2.45) is 11.5 Å². The van der Waals surface area contributed by atoms with Crippen molar-refractivity contribution in [3.8, 4) is 0 Å². The van der Waals surface area contributed by atoms with Crippen LogP contribution in [-0.4, -0.2) is 162 Å². The first kappa shape index (κ1) is 30.6. The van der Waals surface area contributed by atoms with Crippen LogP contribution >= 0.6 is 0 Å². The maximum absolute atomic E-state index is 11.2. The summed E-state index contributed by atoms with van der Waals surface area (Å²) in [4.78, 5) is 22.1. The Labute approximate surface area is 202 Å². The predicted molar refractivity (Wildman–Crippen MR) is 109 cm³/mol. The van der Waals surface area contributed by atoms with E-state index >= 15 is 0 Å². The summed E-state index contributed by atoms with van der Waals surface area (Å²) in [6.45, 7) is -1.64. The highest BCUT2D eigenvalue weighted by atomic mass is 16.7. The second-order valence-corrected chi connectivity index (χ2v) is 8.38. The van der Waals surface area contributed by atoms with E-state index in [0.29, 0.717) is 0 Å². The van der Waals surface area contributed by atoms with Crippen LogP contribution in [0.3, 0.4) is 0 Å². The average molecular weight is 532 g/mol. The van der Waals surface area contributed by atoms with Gasteiger partial charge in [-0.3, -0.25) is 4.79 Å². The second-order valence-electron chi connectivity index (χ2n) is 8.38. The molecule has 0 spiro atoms. The van der Waals surface area contributed by atoms with E-state index in [1.54, 1.807) is 0 Å². The molecular weight excluding hydrogens is 500 g/mol. The van der Waals surface area contributed by atoms with Gasteiger partial charge in [0.05, 0.1) is 19.3 Å². The zero-order chi connectivity index (χ0) is 27.5. The van der Waals surface area contributed by atoms with E-state index in [4.69, 9.17) is 40.6 Å². The van der Waals surface area contributed by atoms with Crippen molar-refractivity contribution in [3.05, 3.63) is 0 Å². The second kappa shape index (κ2) is 12.8. The number of aliphatic hydroxyl groups excluding tert-OH is 8. The zero-order valence-corrected chi connectivity index (χ0v) is 18.6. The third-order valence-corrected chi connectivity index (χ3v) is 5.83. The minimum atomic E-state index is -2.07. The fraction of sp³-hybridized carbons (Fsp3) is 0.889. The van der Waals surface area contributed by atoms with Gasteiger partial charge >= 0.3 is 11.9 Å². The molecule has 0 saturated carbocycles. The molecule has 0 aromatic heterocycles. The van der Waals surface area contributed by atoms with E-state index in [1.165, 1.54) is 0 Å². The van der Waals surface area contributed by atoms with Crippen LogP contribution in [0.4, 0.5) is 0 Å². The van der Waals surface area contributed by atoms with Gasteiger partial charge < -0.3 is 81.5 Å². The molecular formula is C18H32N2O16. The minimum Gasteiger partial charge on any atom is -0.480 e. The molecule has 0 bridgehead atoms. The smallest absolute Gasteiger partial charge is 0.335 e. The quantitative estimate of drug-likeness (QED) is 0.117. The number of rotatable bonds is 11. The molecule has 2 fully saturated rings. The van der Waals surface area contributed by atoms with E-state index in [2.05, 4.69) is 0 Å². The Morgan fingerprint density at radius 1 is 0.889 bits per heavy atom. The summed E-state index contributed by atoms with van der Waals surface area (Å²) in [5.74, 6) is -3.32. The first-order valence-electron chi connectivity index (χ1n) is 10.6. The lowest BCUT2D eigenvalue weighted by atomic mass is 9.96. The van der Waals surface area contributed by atoms with Gasteiger partial charge in [0, 0.05) is 0 Å². The highest BCUT2D eigenvalue weighted by molar-refractivity contribution is 5.74. The lowest BCUT2D eigenvalue weighted by Crippen LogP contribution is -2.66. The Bertz CT molecular complexity index is 744. The van der Waals surface area contributed by atoms with Gasteiger partial charge in [-0.1, -0.05) is 0 Å². The van der Waals surface area contributed by atoms with Crippen LogP contribution < -0.4 is 11.5 Å². The van der Waals surface area contributed by atoms with Crippen LogP contribution in [-0.2, 0) is 28.5 Å². The van der Waals surface area contributed by atoms with Gasteiger partial charge in [0.25, 0.3) is 0 Å². The van der Waals surface area contributed by atoms with Crippen LogP contribution in [0.25, 0.3) is 0 Å². The van der Waals surface area contributed by atoms with Gasteiger partial charge in [0.2, 0.25) is 0 Å². The normalized spacial score (nSPS) is 40.7. The molecule has 210 valence electrons. The van der Waals surface area contributed by atoms with Crippen LogP contribution in [0.5, 0.6) is 0 Å². The topological polar surface area (TPSA) is 325 Å². The fourth-order valence-electron chi connectivity index (χ4n) is 3.60. The fourth-order valence-corrected chi connectivity index (χ4v) is 3.60. The van der Waals surface area contributed by atoms with Crippen LogP contribution in [0.2, 0.25) is 0 Å². The molecule has 18 heteroatoms. The van der Waals surface area contributed by atoms with E-state index in [9.17, 15) is 50.4 Å². The highest BCUT2D eigenvalue weighted by Crippen LogP contribution is 2.29. The summed E-state index contributed by atoms with van der Waals surface area (Å²) in [5, 5.41) is 97.5. The van der Waals surface area contributed by atoms with Gasteiger partial charge in [-0.25, -0.2) is 4.79 Å². The number of aliphatic hydroxyl groups is 8. The monoisotopic (exact) mass is 532 g/mol. The predicted octanol–water partition coefficient (Wildman–Crippen LogP) is -7.82. The molecule has 0 radical (unpaired) electrons. The number of carboxylic acid groups (broad SMARTS) is 2. The number of hydrogen-bond donors (Lipinski definition) is 12. The van der Waals surface area contributed by atoms with Crippen molar-refractivity contribution in [1.82, 2.24) is 0 Å². The molecule has 2 aliphatic heterocycles. The highest BCUT2D eigenvalue weighted by Gasteiger charge is 2.52. The molecule has 2 heterocycles. The molecule has 36 heavy (non-hydrogen) atoms. The van der Waals surface area contributed by atoms with E-state index in [-0.39, 0.29) is 0 Å². The number of nitrogens with two attached hydrogens (primary N) is 2. The molecule has 18 nitrogen and oxygen atoms in total. The largest absolute Gasteiger partial charge is 0.480 e. The van der Waals surface area contributed by atoms with Crippen LogP contribution in [0.15, 0.2) is 0 Å². The number of carboxylic acids is 2. The average Bonchev–Trinajstić information content (AvgIpc) is 2.84. The Morgan fingerprint density at radius 2 is 1.50 bits per heavy atom. The van der Waals surface area contributed by atoms with Gasteiger partial charge in [0.1, 0.15) is 61.0 Å². The van der Waals surface area contributed by atoms with E-state index in [1.807, 2.05) is 0 Å². The van der Waals surface area contributed by atoms with Crippen molar-refractivity contribution in [1.29, 1.82) is 0 Å². The van der Waals surface area contributed by atoms with Crippen LogP contribution in [0, 0.1) is 0 Å². The maximum Gasteiger partial charge on any atom is 0.335 e. The SMILES string of the molecule is N[C@H]1[C@H](OC[C@@H](O)[C@@H](O)[C@H](O)[C@@H](N)C(=O)O)O[C@H](CO)[C@@H](O[C@H]2O[C@H](C(=O)O)[C@H](O)[C@H](O)[C@H]2O)[C@@H]1O. The molecule has 14 N–H and O–H groups in total. The lowest BCUT2D eigenvalue weighted by molar-refractivity contribution is -0.343. The summed E-state index contributed by atoms with van der Waals surface area (Å²) in [6, 6.07) is -3.39. The zero-order valence-electron chi connectivity index (χ0n) is 18.6. The molecule has 2 aliphatic rings. The standard InChI is InChI=1S/C18H32N2O16/c19-5(15(29)30)8(24)7(23)3(22)2-33-17-6(20)9(25)13(4(1-21)34-17)35-18-12(28)10(26)11(27)14(36-18)16(31)32/h3-14,17-18,21-28H,1-2,19-20H2,(H,29,30)(H,31,32)/t3-,4-,5-,6-,7-,8-,9-,10+,11-,12-,13-,14+,17-,18+/m1/s1. The van der Waals surface area contributed by atoms with Crippen molar-refractivity contribution in [2.75, 3.05) is 13.2 Å². The molecule has 0 aromatic carbocycles. The molecule has 0 aliphatic carbocycles. The Kier molecular flexibility index (Phi) is 10.8. The molecule has 2 rings (SSSR count). The number of aliphatic carboxylic acids is 2. The lowest BCUT2D eigenvalue weighted by Gasteiger charge is -2.46.